The summed E-state index contributed by atoms with van der Waals surface area (Å²) in [5.74, 6) is 1.54. The van der Waals surface area contributed by atoms with Crippen molar-refractivity contribution in [3.63, 3.8) is 0 Å². The topological polar surface area (TPSA) is 59.0 Å². The second-order valence-electron chi connectivity index (χ2n) is 7.67. The van der Waals surface area contributed by atoms with Gasteiger partial charge in [0.2, 0.25) is 0 Å². The number of carbonyl (C=O) groups excluding carboxylic acids is 1. The van der Waals surface area contributed by atoms with Gasteiger partial charge in [-0.05, 0) is 72.0 Å². The summed E-state index contributed by atoms with van der Waals surface area (Å²) in [6, 6.07) is 17.6. The van der Waals surface area contributed by atoms with Crippen molar-refractivity contribution >= 4 is 16.7 Å². The van der Waals surface area contributed by atoms with Crippen LogP contribution >= 0.6 is 0 Å². The number of likely N-dealkylation sites (tertiary alicyclic amines) is 1. The average Bonchev–Trinajstić information content (AvgIpc) is 2.82. The number of aliphatic hydroxyl groups excluding tert-OH is 1. The Hall–Kier alpha value is -3.05. The van der Waals surface area contributed by atoms with Gasteiger partial charge in [-0.15, -0.1) is 0 Å². The highest BCUT2D eigenvalue weighted by atomic mass is 16.5. The molecule has 1 amide bonds. The average molecular weight is 405 g/mol. The number of piperidine rings is 1. The van der Waals surface area contributed by atoms with E-state index >= 15 is 0 Å². The standard InChI is InChI=1S/C25H27NO4/c1-29-22-10-11-24(30-2)23(15-22)19-8-6-18-14-20(9-7-17(18)13-19)25(28)26-12-4-3-5-21(26)16-27/h6-11,13-15,21,27H,3-5,12,16H2,1-2H3. The quantitative estimate of drug-likeness (QED) is 0.678. The first kappa shape index (κ1) is 20.2. The summed E-state index contributed by atoms with van der Waals surface area (Å²) >= 11 is 0. The van der Waals surface area contributed by atoms with Crippen LogP contribution in [0.2, 0.25) is 0 Å². The van der Waals surface area contributed by atoms with Crippen molar-refractivity contribution in [1.29, 1.82) is 0 Å². The van der Waals surface area contributed by atoms with Crippen LogP contribution in [0.3, 0.4) is 0 Å². The lowest BCUT2D eigenvalue weighted by Gasteiger charge is -2.34. The molecule has 156 valence electrons. The van der Waals surface area contributed by atoms with Gasteiger partial charge >= 0.3 is 0 Å². The van der Waals surface area contributed by atoms with E-state index in [1.165, 1.54) is 0 Å². The molecular formula is C25H27NO4. The first-order valence-electron chi connectivity index (χ1n) is 10.3. The minimum atomic E-state index is -0.0788. The largest absolute Gasteiger partial charge is 0.497 e. The SMILES string of the molecule is COc1ccc(OC)c(-c2ccc3cc(C(=O)N4CCCCC4CO)ccc3c2)c1. The normalized spacial score (nSPS) is 16.5. The van der Waals surface area contributed by atoms with E-state index in [0.29, 0.717) is 12.1 Å². The first-order chi connectivity index (χ1) is 14.6. The third kappa shape index (κ3) is 3.85. The van der Waals surface area contributed by atoms with E-state index in [1.54, 1.807) is 14.2 Å². The Morgan fingerprint density at radius 3 is 2.57 bits per heavy atom. The molecule has 3 aromatic carbocycles. The molecule has 1 saturated heterocycles. The van der Waals surface area contributed by atoms with E-state index in [-0.39, 0.29) is 18.6 Å². The minimum Gasteiger partial charge on any atom is -0.497 e. The molecule has 3 aromatic rings. The van der Waals surface area contributed by atoms with Gasteiger partial charge in [0.25, 0.3) is 5.91 Å². The predicted molar refractivity (Wildman–Crippen MR) is 118 cm³/mol. The van der Waals surface area contributed by atoms with Gasteiger partial charge in [0, 0.05) is 17.7 Å². The number of fused-ring (bicyclic) bond motifs is 1. The van der Waals surface area contributed by atoms with Crippen LogP contribution in [0.4, 0.5) is 0 Å². The summed E-state index contributed by atoms with van der Waals surface area (Å²) in [7, 11) is 3.30. The first-order valence-corrected chi connectivity index (χ1v) is 10.3. The highest BCUT2D eigenvalue weighted by molar-refractivity contribution is 5.99. The zero-order chi connectivity index (χ0) is 21.1. The molecule has 1 fully saturated rings. The van der Waals surface area contributed by atoms with Gasteiger partial charge in [0.1, 0.15) is 11.5 Å². The van der Waals surface area contributed by atoms with Gasteiger partial charge in [-0.25, -0.2) is 0 Å². The lowest BCUT2D eigenvalue weighted by molar-refractivity contribution is 0.0503. The number of methoxy groups -OCH3 is 2. The van der Waals surface area contributed by atoms with Crippen LogP contribution in [-0.2, 0) is 0 Å². The summed E-state index contributed by atoms with van der Waals surface area (Å²) in [4.78, 5) is 14.9. The monoisotopic (exact) mass is 405 g/mol. The van der Waals surface area contributed by atoms with Crippen LogP contribution in [0, 0.1) is 0 Å². The minimum absolute atomic E-state index is 0.00538. The van der Waals surface area contributed by atoms with Gasteiger partial charge in [-0.3, -0.25) is 4.79 Å². The molecule has 1 heterocycles. The fraction of sp³-hybridized carbons (Fsp3) is 0.320. The highest BCUT2D eigenvalue weighted by Crippen LogP contribution is 2.35. The second kappa shape index (κ2) is 8.76. The molecule has 0 aliphatic carbocycles. The van der Waals surface area contributed by atoms with Gasteiger partial charge < -0.3 is 19.5 Å². The Morgan fingerprint density at radius 2 is 1.80 bits per heavy atom. The molecule has 0 spiro atoms. The molecule has 30 heavy (non-hydrogen) atoms. The third-order valence-electron chi connectivity index (χ3n) is 5.90. The highest BCUT2D eigenvalue weighted by Gasteiger charge is 2.26. The molecular weight excluding hydrogens is 378 g/mol. The number of nitrogens with zero attached hydrogens (tertiary/aromatic N) is 1. The fourth-order valence-corrected chi connectivity index (χ4v) is 4.21. The van der Waals surface area contributed by atoms with E-state index in [2.05, 4.69) is 6.07 Å². The molecule has 0 radical (unpaired) electrons. The van der Waals surface area contributed by atoms with Crippen molar-refractivity contribution in [1.82, 2.24) is 4.90 Å². The number of rotatable bonds is 5. The third-order valence-corrected chi connectivity index (χ3v) is 5.90. The number of hydrogen-bond donors (Lipinski definition) is 1. The molecule has 1 aliphatic rings. The summed E-state index contributed by atoms with van der Waals surface area (Å²) in [6.07, 6.45) is 2.91. The van der Waals surface area contributed by atoms with E-state index < -0.39 is 0 Å². The van der Waals surface area contributed by atoms with Crippen LogP contribution in [0.15, 0.2) is 54.6 Å². The van der Waals surface area contributed by atoms with Crippen molar-refractivity contribution in [3.8, 4) is 22.6 Å². The molecule has 1 aliphatic heterocycles. The van der Waals surface area contributed by atoms with Gasteiger partial charge in [0.15, 0.2) is 0 Å². The van der Waals surface area contributed by atoms with Crippen LogP contribution in [-0.4, -0.2) is 49.3 Å². The second-order valence-corrected chi connectivity index (χ2v) is 7.67. The van der Waals surface area contributed by atoms with Crippen LogP contribution in [0.25, 0.3) is 21.9 Å². The maximum absolute atomic E-state index is 13.0. The molecule has 1 N–H and O–H groups in total. The van der Waals surface area contributed by atoms with Gasteiger partial charge in [-0.2, -0.15) is 0 Å². The van der Waals surface area contributed by atoms with Crippen LogP contribution < -0.4 is 9.47 Å². The Labute approximate surface area is 176 Å². The lowest BCUT2D eigenvalue weighted by Crippen LogP contribution is -2.45. The number of hydrogen-bond acceptors (Lipinski definition) is 4. The molecule has 5 nitrogen and oxygen atoms in total. The summed E-state index contributed by atoms with van der Waals surface area (Å²) in [5.41, 5.74) is 2.64. The Kier molecular flexibility index (Phi) is 5.91. The molecule has 0 aromatic heterocycles. The lowest BCUT2D eigenvalue weighted by atomic mass is 9.97. The number of ether oxygens (including phenoxy) is 2. The van der Waals surface area contributed by atoms with Crippen molar-refractivity contribution in [3.05, 3.63) is 60.2 Å². The Bertz CT molecular complexity index is 1060. The van der Waals surface area contributed by atoms with Crippen molar-refractivity contribution in [2.24, 2.45) is 0 Å². The predicted octanol–water partition coefficient (Wildman–Crippen LogP) is 4.51. The van der Waals surface area contributed by atoms with Crippen molar-refractivity contribution in [2.75, 3.05) is 27.4 Å². The van der Waals surface area contributed by atoms with E-state index in [9.17, 15) is 9.90 Å². The number of carbonyl (C=O) groups is 1. The number of benzene rings is 3. The molecule has 4 rings (SSSR count). The molecule has 0 bridgehead atoms. The molecule has 0 saturated carbocycles. The molecule has 1 atom stereocenters. The zero-order valence-corrected chi connectivity index (χ0v) is 17.4. The van der Waals surface area contributed by atoms with Crippen LogP contribution in [0.1, 0.15) is 29.6 Å². The van der Waals surface area contributed by atoms with E-state index in [0.717, 1.165) is 52.7 Å². The summed E-state index contributed by atoms with van der Waals surface area (Å²) in [6.45, 7) is 0.724. The number of aliphatic hydroxyl groups is 1. The fourth-order valence-electron chi connectivity index (χ4n) is 4.21. The molecule has 1 unspecified atom stereocenters. The maximum atomic E-state index is 13.0. The maximum Gasteiger partial charge on any atom is 0.254 e. The van der Waals surface area contributed by atoms with E-state index in [1.807, 2.05) is 53.4 Å². The zero-order valence-electron chi connectivity index (χ0n) is 17.4. The van der Waals surface area contributed by atoms with Crippen LogP contribution in [0.5, 0.6) is 11.5 Å². The smallest absolute Gasteiger partial charge is 0.254 e. The van der Waals surface area contributed by atoms with Gasteiger partial charge in [-0.1, -0.05) is 18.2 Å². The Morgan fingerprint density at radius 1 is 1.00 bits per heavy atom. The van der Waals surface area contributed by atoms with Crippen molar-refractivity contribution < 1.29 is 19.4 Å². The van der Waals surface area contributed by atoms with E-state index in [4.69, 9.17) is 9.47 Å². The Balaban J connectivity index is 1.67. The number of amides is 1. The van der Waals surface area contributed by atoms with Gasteiger partial charge in [0.05, 0.1) is 26.9 Å². The summed E-state index contributed by atoms with van der Waals surface area (Å²) < 4.78 is 10.9. The van der Waals surface area contributed by atoms with Crippen molar-refractivity contribution in [2.45, 2.75) is 25.3 Å². The molecule has 5 heteroatoms. The summed E-state index contributed by atoms with van der Waals surface area (Å²) in [5, 5.41) is 11.7.